The van der Waals surface area contributed by atoms with Crippen LogP contribution in [0.15, 0.2) is 16.5 Å². The van der Waals surface area contributed by atoms with E-state index in [0.717, 1.165) is 6.07 Å². The molecule has 2 aromatic rings. The fourth-order valence-corrected chi connectivity index (χ4v) is 1.53. The molecule has 1 aromatic heterocycles. The molecule has 0 aliphatic rings. The Balaban J connectivity index is 2.82. The van der Waals surface area contributed by atoms with Crippen LogP contribution < -0.4 is 0 Å². The first-order valence-corrected chi connectivity index (χ1v) is 4.39. The van der Waals surface area contributed by atoms with Gasteiger partial charge in [0.05, 0.1) is 0 Å². The monoisotopic (exact) mass is 235 g/mol. The second-order valence-electron chi connectivity index (χ2n) is 3.03. The number of nitrogens with zero attached hydrogens (tertiary/aromatic N) is 1. The molecule has 0 saturated heterocycles. The second-order valence-corrected chi connectivity index (χ2v) is 3.47. The fraction of sp³-hybridized carbons (Fsp3) is 0.222. The standard InChI is InChI=1S/C9H5ClF3NO/c1-4-14-7-3-5(10)2-6(8(7)15-4)9(11,12)13/h2-3H,1H3. The van der Waals surface area contributed by atoms with E-state index in [0.29, 0.717) is 0 Å². The number of aromatic nitrogens is 1. The minimum absolute atomic E-state index is 0.0110. The van der Waals surface area contributed by atoms with Crippen molar-refractivity contribution >= 4 is 22.7 Å². The van der Waals surface area contributed by atoms with Gasteiger partial charge in [0.15, 0.2) is 11.5 Å². The van der Waals surface area contributed by atoms with E-state index >= 15 is 0 Å². The predicted octanol–water partition coefficient (Wildman–Crippen LogP) is 3.81. The number of rotatable bonds is 0. The van der Waals surface area contributed by atoms with Gasteiger partial charge in [-0.2, -0.15) is 13.2 Å². The summed E-state index contributed by atoms with van der Waals surface area (Å²) in [5.41, 5.74) is -1.05. The zero-order chi connectivity index (χ0) is 11.2. The van der Waals surface area contributed by atoms with Crippen molar-refractivity contribution in [3.05, 3.63) is 28.6 Å². The molecule has 1 heterocycles. The minimum atomic E-state index is -4.49. The lowest BCUT2D eigenvalue weighted by Gasteiger charge is -2.06. The van der Waals surface area contributed by atoms with E-state index in [1.54, 1.807) is 0 Å². The van der Waals surface area contributed by atoms with Crippen LogP contribution in [0.3, 0.4) is 0 Å². The van der Waals surface area contributed by atoms with Gasteiger partial charge in [-0.1, -0.05) is 11.6 Å². The van der Waals surface area contributed by atoms with Gasteiger partial charge in [-0.3, -0.25) is 0 Å². The van der Waals surface area contributed by atoms with Crippen LogP contribution in [0.4, 0.5) is 13.2 Å². The quantitative estimate of drug-likeness (QED) is 0.694. The van der Waals surface area contributed by atoms with Crippen molar-refractivity contribution in [2.24, 2.45) is 0 Å². The Labute approximate surface area is 87.7 Å². The number of hydrogen-bond acceptors (Lipinski definition) is 2. The molecule has 2 rings (SSSR count). The second kappa shape index (κ2) is 3.13. The van der Waals surface area contributed by atoms with Crippen LogP contribution in [0.2, 0.25) is 5.02 Å². The van der Waals surface area contributed by atoms with Gasteiger partial charge in [-0.05, 0) is 12.1 Å². The van der Waals surface area contributed by atoms with Gasteiger partial charge in [-0.15, -0.1) is 0 Å². The van der Waals surface area contributed by atoms with Crippen molar-refractivity contribution in [3.8, 4) is 0 Å². The summed E-state index contributed by atoms with van der Waals surface area (Å²) in [7, 11) is 0. The molecule has 1 aromatic carbocycles. The molecule has 0 saturated carbocycles. The highest BCUT2D eigenvalue weighted by atomic mass is 35.5. The molecule has 0 aliphatic carbocycles. The average Bonchev–Trinajstić information content (AvgIpc) is 2.41. The number of oxazole rings is 1. The van der Waals surface area contributed by atoms with Gasteiger partial charge in [-0.25, -0.2) is 4.98 Å². The number of hydrogen-bond donors (Lipinski definition) is 0. The van der Waals surface area contributed by atoms with Crippen LogP contribution in [-0.4, -0.2) is 4.98 Å². The zero-order valence-electron chi connectivity index (χ0n) is 7.52. The number of alkyl halides is 3. The van der Waals surface area contributed by atoms with E-state index < -0.39 is 11.7 Å². The van der Waals surface area contributed by atoms with E-state index in [1.807, 2.05) is 0 Å². The third-order valence-corrected chi connectivity index (χ3v) is 2.09. The molecule has 0 aliphatic heterocycles. The predicted molar refractivity (Wildman–Crippen MR) is 48.8 cm³/mol. The van der Waals surface area contributed by atoms with E-state index in [-0.39, 0.29) is 22.0 Å². The Hall–Kier alpha value is -1.23. The molecule has 80 valence electrons. The van der Waals surface area contributed by atoms with Crippen molar-refractivity contribution < 1.29 is 17.6 Å². The normalized spacial score (nSPS) is 12.3. The van der Waals surface area contributed by atoms with Crippen LogP contribution in [0, 0.1) is 6.92 Å². The topological polar surface area (TPSA) is 26.0 Å². The van der Waals surface area contributed by atoms with Crippen LogP contribution in [0.5, 0.6) is 0 Å². The third kappa shape index (κ3) is 1.79. The van der Waals surface area contributed by atoms with Gasteiger partial charge in [0.2, 0.25) is 0 Å². The molecule has 0 N–H and O–H groups in total. The minimum Gasteiger partial charge on any atom is -0.440 e. The maximum absolute atomic E-state index is 12.6. The lowest BCUT2D eigenvalue weighted by Crippen LogP contribution is -2.05. The number of benzene rings is 1. The van der Waals surface area contributed by atoms with E-state index in [1.165, 1.54) is 13.0 Å². The molecule has 0 unspecified atom stereocenters. The average molecular weight is 236 g/mol. The van der Waals surface area contributed by atoms with Gasteiger partial charge < -0.3 is 4.42 Å². The molecule has 0 fully saturated rings. The van der Waals surface area contributed by atoms with Crippen LogP contribution in [-0.2, 0) is 6.18 Å². The third-order valence-electron chi connectivity index (χ3n) is 1.87. The molecule has 15 heavy (non-hydrogen) atoms. The van der Waals surface area contributed by atoms with Crippen molar-refractivity contribution in [1.29, 1.82) is 0 Å². The summed E-state index contributed by atoms with van der Waals surface area (Å²) in [6, 6.07) is 2.16. The largest absolute Gasteiger partial charge is 0.440 e. The molecule has 0 bridgehead atoms. The van der Waals surface area contributed by atoms with Crippen molar-refractivity contribution in [1.82, 2.24) is 4.98 Å². The van der Waals surface area contributed by atoms with Gasteiger partial charge >= 0.3 is 6.18 Å². The Kier molecular flexibility index (Phi) is 2.15. The van der Waals surface area contributed by atoms with Gasteiger partial charge in [0.1, 0.15) is 11.1 Å². The molecule has 0 atom stereocenters. The Morgan fingerprint density at radius 1 is 1.33 bits per heavy atom. The molecule has 2 nitrogen and oxygen atoms in total. The number of aryl methyl sites for hydroxylation is 1. The summed E-state index contributed by atoms with van der Waals surface area (Å²) in [6.07, 6.45) is -4.49. The van der Waals surface area contributed by atoms with E-state index in [4.69, 9.17) is 16.0 Å². The van der Waals surface area contributed by atoms with E-state index in [9.17, 15) is 13.2 Å². The molecule has 6 heteroatoms. The molecule has 0 amide bonds. The maximum Gasteiger partial charge on any atom is 0.420 e. The first-order valence-electron chi connectivity index (χ1n) is 4.02. The zero-order valence-corrected chi connectivity index (χ0v) is 8.28. The fourth-order valence-electron chi connectivity index (χ4n) is 1.32. The van der Waals surface area contributed by atoms with Crippen molar-refractivity contribution in [2.45, 2.75) is 13.1 Å². The maximum atomic E-state index is 12.6. The Morgan fingerprint density at radius 3 is 2.60 bits per heavy atom. The van der Waals surface area contributed by atoms with Crippen molar-refractivity contribution in [2.75, 3.05) is 0 Å². The smallest absolute Gasteiger partial charge is 0.420 e. The van der Waals surface area contributed by atoms with E-state index in [2.05, 4.69) is 4.98 Å². The summed E-state index contributed by atoms with van der Waals surface area (Å²) in [5, 5.41) is -0.0110. The van der Waals surface area contributed by atoms with Crippen LogP contribution >= 0.6 is 11.6 Å². The first kappa shape index (κ1) is 10.3. The first-order chi connectivity index (χ1) is 6.88. The van der Waals surface area contributed by atoms with Gasteiger partial charge in [0.25, 0.3) is 0 Å². The molecular weight excluding hydrogens is 231 g/mol. The van der Waals surface area contributed by atoms with Gasteiger partial charge in [0, 0.05) is 11.9 Å². The van der Waals surface area contributed by atoms with Crippen LogP contribution in [0.25, 0.3) is 11.1 Å². The van der Waals surface area contributed by atoms with Crippen LogP contribution in [0.1, 0.15) is 11.5 Å². The highest BCUT2D eigenvalue weighted by Gasteiger charge is 2.35. The lowest BCUT2D eigenvalue weighted by molar-refractivity contribution is -0.136. The molecule has 0 spiro atoms. The summed E-state index contributed by atoms with van der Waals surface area (Å²) >= 11 is 5.56. The molecular formula is C9H5ClF3NO. The molecule has 0 radical (unpaired) electrons. The summed E-state index contributed by atoms with van der Waals surface area (Å²) < 4.78 is 42.6. The summed E-state index contributed by atoms with van der Waals surface area (Å²) in [4.78, 5) is 3.80. The Morgan fingerprint density at radius 2 is 2.00 bits per heavy atom. The summed E-state index contributed by atoms with van der Waals surface area (Å²) in [5.74, 6) is 0.178. The summed E-state index contributed by atoms with van der Waals surface area (Å²) in [6.45, 7) is 1.48. The Bertz CT molecular complexity index is 518. The lowest BCUT2D eigenvalue weighted by atomic mass is 10.2. The SMILES string of the molecule is Cc1nc2cc(Cl)cc(C(F)(F)F)c2o1. The highest BCUT2D eigenvalue weighted by molar-refractivity contribution is 6.31. The highest BCUT2D eigenvalue weighted by Crippen LogP contribution is 2.36. The number of fused-ring (bicyclic) bond motifs is 1. The number of halogens is 4. The van der Waals surface area contributed by atoms with Crippen molar-refractivity contribution in [3.63, 3.8) is 0 Å².